The van der Waals surface area contributed by atoms with Crippen LogP contribution in [-0.2, 0) is 0 Å². The monoisotopic (exact) mass is 471 g/mol. The smallest absolute Gasteiger partial charge is 0.329 e. The molecule has 2 saturated heterocycles. The summed E-state index contributed by atoms with van der Waals surface area (Å²) < 4.78 is 7.98. The van der Waals surface area contributed by atoms with Crippen LogP contribution in [0.2, 0.25) is 0 Å². The highest BCUT2D eigenvalue weighted by Gasteiger charge is 2.28. The van der Waals surface area contributed by atoms with Crippen molar-refractivity contribution in [3.8, 4) is 6.01 Å². The average molecular weight is 472 g/mol. The number of likely N-dealkylation sites (tertiary alicyclic amines) is 2. The van der Waals surface area contributed by atoms with Crippen LogP contribution in [0.1, 0.15) is 89.6 Å². The van der Waals surface area contributed by atoms with Gasteiger partial charge in [0.1, 0.15) is 11.6 Å². The van der Waals surface area contributed by atoms with Gasteiger partial charge < -0.3 is 20.4 Å². The van der Waals surface area contributed by atoms with Gasteiger partial charge in [0.15, 0.2) is 11.5 Å². The summed E-state index contributed by atoms with van der Waals surface area (Å²) in [6.45, 7) is 5.52. The van der Waals surface area contributed by atoms with Gasteiger partial charge in [-0.25, -0.2) is 4.79 Å². The molecule has 1 aliphatic carbocycles. The number of ether oxygens (including phenoxy) is 1. The van der Waals surface area contributed by atoms with Crippen molar-refractivity contribution in [2.24, 2.45) is 0 Å². The number of H-pyrrole nitrogens is 1. The van der Waals surface area contributed by atoms with E-state index in [2.05, 4.69) is 19.8 Å². The lowest BCUT2D eigenvalue weighted by atomic mass is 9.98. The van der Waals surface area contributed by atoms with Gasteiger partial charge in [-0.05, 0) is 83.8 Å². The third kappa shape index (κ3) is 5.40. The number of nitrogen functional groups attached to an aromatic ring is 1. The number of fused-ring (bicyclic) bond motifs is 1. The van der Waals surface area contributed by atoms with Gasteiger partial charge in [-0.3, -0.25) is 9.47 Å². The number of piperidine rings is 2. The average Bonchev–Trinajstić information content (AvgIpc) is 3.20. The first kappa shape index (κ1) is 23.6. The predicted octanol–water partition coefficient (Wildman–Crippen LogP) is 3.66. The van der Waals surface area contributed by atoms with Crippen molar-refractivity contribution in [3.05, 3.63) is 10.5 Å². The minimum absolute atomic E-state index is 0.0248. The Morgan fingerprint density at radius 2 is 1.62 bits per heavy atom. The van der Waals surface area contributed by atoms with E-state index in [9.17, 15) is 4.79 Å². The largest absolute Gasteiger partial charge is 0.460 e. The maximum Gasteiger partial charge on any atom is 0.329 e. The second kappa shape index (κ2) is 11.1. The lowest BCUT2D eigenvalue weighted by Gasteiger charge is -2.35. The Morgan fingerprint density at radius 1 is 0.941 bits per heavy atom. The third-order valence-corrected chi connectivity index (χ3v) is 7.90. The van der Waals surface area contributed by atoms with Gasteiger partial charge in [-0.1, -0.05) is 19.3 Å². The second-order valence-electron chi connectivity index (χ2n) is 10.4. The van der Waals surface area contributed by atoms with Crippen molar-refractivity contribution in [2.45, 2.75) is 95.7 Å². The Kier molecular flexibility index (Phi) is 7.69. The number of aromatic nitrogens is 4. The number of imidazole rings is 1. The van der Waals surface area contributed by atoms with Crippen LogP contribution in [-0.4, -0.2) is 68.1 Å². The van der Waals surface area contributed by atoms with E-state index in [0.29, 0.717) is 17.2 Å². The van der Waals surface area contributed by atoms with Crippen molar-refractivity contribution >= 4 is 17.0 Å². The fourth-order valence-corrected chi connectivity index (χ4v) is 6.04. The molecule has 0 spiro atoms. The number of anilines is 1. The predicted molar refractivity (Wildman–Crippen MR) is 134 cm³/mol. The Bertz CT molecular complexity index is 985. The molecule has 0 aromatic carbocycles. The molecule has 2 aromatic heterocycles. The molecule has 188 valence electrons. The van der Waals surface area contributed by atoms with Crippen LogP contribution in [0.15, 0.2) is 4.79 Å². The molecule has 4 heterocycles. The van der Waals surface area contributed by atoms with Gasteiger partial charge in [-0.2, -0.15) is 9.97 Å². The van der Waals surface area contributed by atoms with E-state index in [1.807, 2.05) is 4.57 Å². The SMILES string of the molecule is Nc1nc(OC2CCCCC2)nc2c1[nH]c(=O)n2C(CCCN1CCCCC1)N1CCCCC1. The molecular formula is C25H41N7O2. The topological polar surface area (TPSA) is 105 Å². The number of hydrogen-bond acceptors (Lipinski definition) is 7. The van der Waals surface area contributed by atoms with Crippen LogP contribution in [0.4, 0.5) is 5.82 Å². The summed E-state index contributed by atoms with van der Waals surface area (Å²) in [4.78, 5) is 30.4. The third-order valence-electron chi connectivity index (χ3n) is 7.90. The Balaban J connectivity index is 1.41. The van der Waals surface area contributed by atoms with Gasteiger partial charge in [0.2, 0.25) is 0 Å². The summed E-state index contributed by atoms with van der Waals surface area (Å²) in [5.41, 5.74) is 7.24. The summed E-state index contributed by atoms with van der Waals surface area (Å²) in [5.74, 6) is 0.289. The lowest BCUT2D eigenvalue weighted by molar-refractivity contribution is 0.0984. The fraction of sp³-hybridized carbons (Fsp3) is 0.800. The molecule has 1 saturated carbocycles. The molecule has 0 amide bonds. The normalized spacial score (nSPS) is 22.2. The standard InChI is InChI=1S/C25H41N7O2/c26-22-21-23(29-24(28-22)34-19-11-4-1-5-12-19)32(25(33)27-21)20(31-17-8-3-9-18-31)13-10-16-30-14-6-2-7-15-30/h19-20H,1-18H2,(H,27,33)(H2,26,28,29). The molecule has 3 N–H and O–H groups in total. The molecule has 34 heavy (non-hydrogen) atoms. The van der Waals surface area contributed by atoms with Crippen molar-refractivity contribution in [1.29, 1.82) is 0 Å². The zero-order valence-electron chi connectivity index (χ0n) is 20.5. The van der Waals surface area contributed by atoms with Crippen molar-refractivity contribution < 1.29 is 4.74 Å². The van der Waals surface area contributed by atoms with E-state index in [4.69, 9.17) is 15.5 Å². The summed E-state index contributed by atoms with van der Waals surface area (Å²) in [6.07, 6.45) is 15.3. The summed E-state index contributed by atoms with van der Waals surface area (Å²) in [6, 6.07) is 0.301. The minimum atomic E-state index is -0.153. The molecule has 0 bridgehead atoms. The van der Waals surface area contributed by atoms with Gasteiger partial charge in [0.25, 0.3) is 0 Å². The number of nitrogens with one attached hydrogen (secondary N) is 1. The fourth-order valence-electron chi connectivity index (χ4n) is 6.04. The molecule has 5 rings (SSSR count). The molecule has 0 radical (unpaired) electrons. The van der Waals surface area contributed by atoms with Crippen molar-refractivity contribution in [1.82, 2.24) is 29.3 Å². The quantitative estimate of drug-likeness (QED) is 0.605. The highest BCUT2D eigenvalue weighted by Crippen LogP contribution is 2.29. The first-order chi connectivity index (χ1) is 16.7. The van der Waals surface area contributed by atoms with E-state index in [1.165, 1.54) is 70.9 Å². The minimum Gasteiger partial charge on any atom is -0.460 e. The number of hydrogen-bond donors (Lipinski definition) is 2. The van der Waals surface area contributed by atoms with Crippen LogP contribution in [0.3, 0.4) is 0 Å². The van der Waals surface area contributed by atoms with E-state index in [-0.39, 0.29) is 23.8 Å². The molecule has 1 atom stereocenters. The molecule has 9 nitrogen and oxygen atoms in total. The molecule has 9 heteroatoms. The molecule has 3 aliphatic rings. The molecule has 3 fully saturated rings. The Morgan fingerprint density at radius 3 is 2.35 bits per heavy atom. The van der Waals surface area contributed by atoms with Crippen LogP contribution in [0.25, 0.3) is 11.2 Å². The molecule has 1 unspecified atom stereocenters. The molecule has 2 aliphatic heterocycles. The zero-order chi connectivity index (χ0) is 23.3. The first-order valence-corrected chi connectivity index (χ1v) is 13.6. The summed E-state index contributed by atoms with van der Waals surface area (Å²) >= 11 is 0. The van der Waals surface area contributed by atoms with E-state index >= 15 is 0 Å². The highest BCUT2D eigenvalue weighted by atomic mass is 16.5. The van der Waals surface area contributed by atoms with Gasteiger partial charge in [0.05, 0.1) is 6.17 Å². The summed E-state index contributed by atoms with van der Waals surface area (Å²) in [5, 5.41) is 0. The highest BCUT2D eigenvalue weighted by molar-refractivity contribution is 5.82. The molecule has 2 aromatic rings. The lowest BCUT2D eigenvalue weighted by Crippen LogP contribution is -2.41. The maximum absolute atomic E-state index is 13.2. The number of rotatable bonds is 8. The van der Waals surface area contributed by atoms with E-state index in [0.717, 1.165) is 45.3 Å². The molecular weight excluding hydrogens is 430 g/mol. The Hall–Kier alpha value is -2.13. The van der Waals surface area contributed by atoms with Crippen LogP contribution < -0.4 is 16.2 Å². The summed E-state index contributed by atoms with van der Waals surface area (Å²) in [7, 11) is 0. The van der Waals surface area contributed by atoms with E-state index < -0.39 is 0 Å². The van der Waals surface area contributed by atoms with Gasteiger partial charge in [0, 0.05) is 13.1 Å². The number of nitrogens with zero attached hydrogens (tertiary/aromatic N) is 5. The number of aromatic amines is 1. The van der Waals surface area contributed by atoms with Gasteiger partial charge in [-0.15, -0.1) is 0 Å². The Labute approximate surface area is 202 Å². The van der Waals surface area contributed by atoms with Crippen LogP contribution in [0.5, 0.6) is 6.01 Å². The van der Waals surface area contributed by atoms with Crippen LogP contribution in [0, 0.1) is 0 Å². The van der Waals surface area contributed by atoms with Crippen LogP contribution >= 0.6 is 0 Å². The van der Waals surface area contributed by atoms with Gasteiger partial charge >= 0.3 is 11.7 Å². The van der Waals surface area contributed by atoms with Crippen molar-refractivity contribution in [2.75, 3.05) is 38.5 Å². The second-order valence-corrected chi connectivity index (χ2v) is 10.4. The first-order valence-electron chi connectivity index (χ1n) is 13.6. The zero-order valence-corrected chi connectivity index (χ0v) is 20.5. The maximum atomic E-state index is 13.2. The van der Waals surface area contributed by atoms with Crippen molar-refractivity contribution in [3.63, 3.8) is 0 Å². The number of nitrogens with two attached hydrogens (primary N) is 1. The van der Waals surface area contributed by atoms with E-state index in [1.54, 1.807) is 0 Å².